The van der Waals surface area contributed by atoms with Gasteiger partial charge in [0.1, 0.15) is 5.52 Å². The van der Waals surface area contributed by atoms with E-state index in [0.29, 0.717) is 12.6 Å². The lowest BCUT2D eigenvalue weighted by molar-refractivity contribution is 0.367. The first-order valence-electron chi connectivity index (χ1n) is 6.86. The summed E-state index contributed by atoms with van der Waals surface area (Å²) in [7, 11) is 0. The molecule has 0 atom stereocenters. The molecule has 0 aliphatic rings. The van der Waals surface area contributed by atoms with Gasteiger partial charge < -0.3 is 15.1 Å². The summed E-state index contributed by atoms with van der Waals surface area (Å²) in [6, 6.07) is 8.56. The van der Waals surface area contributed by atoms with Crippen molar-refractivity contribution in [1.82, 2.24) is 4.98 Å². The van der Waals surface area contributed by atoms with Gasteiger partial charge >= 0.3 is 0 Å². The highest BCUT2D eigenvalue weighted by Gasteiger charge is 2.23. The number of hydrogen-bond acceptors (Lipinski definition) is 4. The number of benzene rings is 1. The van der Waals surface area contributed by atoms with Crippen molar-refractivity contribution < 1.29 is 4.42 Å². The Bertz CT molecular complexity index is 500. The molecular weight excluding hydrogens is 238 g/mol. The molecule has 104 valence electrons. The lowest BCUT2D eigenvalue weighted by atomic mass is 9.93. The Morgan fingerprint density at radius 2 is 2.05 bits per heavy atom. The molecule has 0 bridgehead atoms. The number of oxazole rings is 1. The minimum absolute atomic E-state index is 0.0514. The Morgan fingerprint density at radius 3 is 2.68 bits per heavy atom. The minimum Gasteiger partial charge on any atom is -0.423 e. The SMILES string of the molecule is CCCN(CC(C)(C)CN)c1nc2ccccc2o1. The summed E-state index contributed by atoms with van der Waals surface area (Å²) < 4.78 is 5.85. The number of hydrogen-bond donors (Lipinski definition) is 1. The maximum Gasteiger partial charge on any atom is 0.298 e. The third-order valence-corrected chi connectivity index (χ3v) is 3.22. The van der Waals surface area contributed by atoms with Gasteiger partial charge in [-0.05, 0) is 30.5 Å². The molecule has 0 aliphatic heterocycles. The molecule has 2 aromatic rings. The summed E-state index contributed by atoms with van der Waals surface area (Å²) in [5.74, 6) is 0. The van der Waals surface area contributed by atoms with Gasteiger partial charge in [0.2, 0.25) is 0 Å². The van der Waals surface area contributed by atoms with Crippen LogP contribution in [0.4, 0.5) is 6.01 Å². The number of fused-ring (bicyclic) bond motifs is 1. The first-order valence-corrected chi connectivity index (χ1v) is 6.86. The molecule has 0 fully saturated rings. The Hall–Kier alpha value is -1.55. The first kappa shape index (κ1) is 13.9. The molecule has 0 amide bonds. The van der Waals surface area contributed by atoms with Crippen LogP contribution in [0.1, 0.15) is 27.2 Å². The minimum atomic E-state index is 0.0514. The van der Waals surface area contributed by atoms with E-state index in [4.69, 9.17) is 10.2 Å². The molecule has 0 aliphatic carbocycles. The number of para-hydroxylation sites is 2. The molecule has 0 saturated heterocycles. The van der Waals surface area contributed by atoms with Gasteiger partial charge in [0.15, 0.2) is 5.58 Å². The maximum atomic E-state index is 5.85. The van der Waals surface area contributed by atoms with Gasteiger partial charge in [0, 0.05) is 13.1 Å². The smallest absolute Gasteiger partial charge is 0.298 e. The van der Waals surface area contributed by atoms with Crippen LogP contribution in [0.5, 0.6) is 0 Å². The molecule has 0 radical (unpaired) electrons. The Morgan fingerprint density at radius 1 is 1.32 bits per heavy atom. The molecule has 19 heavy (non-hydrogen) atoms. The predicted octanol–water partition coefficient (Wildman–Crippen LogP) is 3.03. The highest BCUT2D eigenvalue weighted by atomic mass is 16.4. The number of aromatic nitrogens is 1. The van der Waals surface area contributed by atoms with E-state index in [2.05, 4.69) is 30.7 Å². The molecular formula is C15H23N3O. The molecule has 2 rings (SSSR count). The van der Waals surface area contributed by atoms with Crippen LogP contribution < -0.4 is 10.6 Å². The summed E-state index contributed by atoms with van der Waals surface area (Å²) >= 11 is 0. The largest absolute Gasteiger partial charge is 0.423 e. The van der Waals surface area contributed by atoms with Gasteiger partial charge in [-0.25, -0.2) is 0 Å². The van der Waals surface area contributed by atoms with Gasteiger partial charge in [-0.1, -0.05) is 32.9 Å². The zero-order valence-corrected chi connectivity index (χ0v) is 12.0. The van der Waals surface area contributed by atoms with Crippen LogP contribution in [0.2, 0.25) is 0 Å². The summed E-state index contributed by atoms with van der Waals surface area (Å²) in [4.78, 5) is 6.76. The van der Waals surface area contributed by atoms with Crippen LogP contribution in [0.3, 0.4) is 0 Å². The third kappa shape index (κ3) is 3.26. The molecule has 4 heteroatoms. The standard InChI is InChI=1S/C15H23N3O/c1-4-9-18(11-15(2,3)10-16)14-17-12-7-5-6-8-13(12)19-14/h5-8H,4,9-11,16H2,1-3H3. The zero-order valence-electron chi connectivity index (χ0n) is 12.0. The number of anilines is 1. The van der Waals surface area contributed by atoms with Crippen LogP contribution in [0.15, 0.2) is 28.7 Å². The van der Waals surface area contributed by atoms with Crippen LogP contribution in [0.25, 0.3) is 11.1 Å². The van der Waals surface area contributed by atoms with Crippen LogP contribution in [0, 0.1) is 5.41 Å². The van der Waals surface area contributed by atoms with E-state index < -0.39 is 0 Å². The third-order valence-electron chi connectivity index (χ3n) is 3.22. The van der Waals surface area contributed by atoms with Crippen LogP contribution >= 0.6 is 0 Å². The fourth-order valence-electron chi connectivity index (χ4n) is 2.09. The fraction of sp³-hybridized carbons (Fsp3) is 0.533. The first-order chi connectivity index (χ1) is 9.05. The molecule has 2 N–H and O–H groups in total. The van der Waals surface area contributed by atoms with Crippen molar-refractivity contribution in [2.45, 2.75) is 27.2 Å². The van der Waals surface area contributed by atoms with E-state index in [-0.39, 0.29) is 5.41 Å². The van der Waals surface area contributed by atoms with Crippen molar-refractivity contribution in [1.29, 1.82) is 0 Å². The number of nitrogens with zero attached hydrogens (tertiary/aromatic N) is 2. The second kappa shape index (κ2) is 5.61. The van der Waals surface area contributed by atoms with E-state index in [1.165, 1.54) is 0 Å². The van der Waals surface area contributed by atoms with Crippen LogP contribution in [-0.4, -0.2) is 24.6 Å². The van der Waals surface area contributed by atoms with Gasteiger partial charge in [-0.3, -0.25) is 0 Å². The monoisotopic (exact) mass is 261 g/mol. The highest BCUT2D eigenvalue weighted by molar-refractivity contribution is 5.74. The fourth-order valence-corrected chi connectivity index (χ4v) is 2.09. The molecule has 0 saturated carbocycles. The second-order valence-electron chi connectivity index (χ2n) is 5.75. The van der Waals surface area contributed by atoms with Crippen molar-refractivity contribution >= 4 is 17.1 Å². The lowest BCUT2D eigenvalue weighted by Crippen LogP contribution is -2.39. The normalized spacial score (nSPS) is 12.0. The van der Waals surface area contributed by atoms with Gasteiger partial charge in [-0.2, -0.15) is 4.98 Å². The molecule has 0 unspecified atom stereocenters. The Labute approximate surface area is 114 Å². The predicted molar refractivity (Wildman–Crippen MR) is 79.3 cm³/mol. The van der Waals surface area contributed by atoms with Gasteiger partial charge in [0.25, 0.3) is 6.01 Å². The van der Waals surface area contributed by atoms with E-state index in [9.17, 15) is 0 Å². The van der Waals surface area contributed by atoms with Gasteiger partial charge in [0.05, 0.1) is 0 Å². The zero-order chi connectivity index (χ0) is 13.9. The summed E-state index contributed by atoms with van der Waals surface area (Å²) in [6.07, 6.45) is 1.05. The quantitative estimate of drug-likeness (QED) is 0.868. The Balaban J connectivity index is 2.27. The maximum absolute atomic E-state index is 5.85. The number of rotatable bonds is 6. The molecule has 1 aromatic heterocycles. The second-order valence-corrected chi connectivity index (χ2v) is 5.75. The van der Waals surface area contributed by atoms with Crippen LogP contribution in [-0.2, 0) is 0 Å². The van der Waals surface area contributed by atoms with E-state index in [1.54, 1.807) is 0 Å². The topological polar surface area (TPSA) is 55.3 Å². The molecule has 1 aromatic carbocycles. The van der Waals surface area contributed by atoms with Gasteiger partial charge in [-0.15, -0.1) is 0 Å². The molecule has 4 nitrogen and oxygen atoms in total. The molecule has 1 heterocycles. The Kier molecular flexibility index (Phi) is 4.10. The lowest BCUT2D eigenvalue weighted by Gasteiger charge is -2.30. The van der Waals surface area contributed by atoms with Crippen molar-refractivity contribution in [2.75, 3.05) is 24.5 Å². The average molecular weight is 261 g/mol. The van der Waals surface area contributed by atoms with Crippen molar-refractivity contribution in [3.05, 3.63) is 24.3 Å². The molecule has 0 spiro atoms. The van der Waals surface area contributed by atoms with Crippen molar-refractivity contribution in [2.24, 2.45) is 11.1 Å². The van der Waals surface area contributed by atoms with E-state index in [1.807, 2.05) is 24.3 Å². The average Bonchev–Trinajstić information content (AvgIpc) is 2.82. The van der Waals surface area contributed by atoms with E-state index >= 15 is 0 Å². The highest BCUT2D eigenvalue weighted by Crippen LogP contribution is 2.25. The summed E-state index contributed by atoms with van der Waals surface area (Å²) in [6.45, 7) is 8.91. The summed E-state index contributed by atoms with van der Waals surface area (Å²) in [5, 5.41) is 0. The van der Waals surface area contributed by atoms with Crippen molar-refractivity contribution in [3.8, 4) is 0 Å². The summed E-state index contributed by atoms with van der Waals surface area (Å²) in [5.41, 5.74) is 7.62. The van der Waals surface area contributed by atoms with Crippen molar-refractivity contribution in [3.63, 3.8) is 0 Å². The number of nitrogens with two attached hydrogens (primary N) is 1. The van der Waals surface area contributed by atoms with E-state index in [0.717, 1.165) is 30.6 Å².